The van der Waals surface area contributed by atoms with E-state index in [9.17, 15) is 14.4 Å². The standard InChI is InChI=1S/C25H19N5O3S/c31-22(11-14-30-23(32)19-3-1-2-4-20(19)24(30)33)27-17-5-7-18(8-6-17)28-25-29-21(15-34-25)16-9-12-26-13-10-16/h1-10,12-13,15H,11,14H2,(H,27,31)(H,28,29). The van der Waals surface area contributed by atoms with Crippen molar-refractivity contribution >= 4 is 45.6 Å². The van der Waals surface area contributed by atoms with Crippen LogP contribution in [0.3, 0.4) is 0 Å². The Hall–Kier alpha value is -4.37. The van der Waals surface area contributed by atoms with Crippen LogP contribution in [0, 0.1) is 0 Å². The number of nitrogens with zero attached hydrogens (tertiary/aromatic N) is 3. The third kappa shape index (κ3) is 4.41. The van der Waals surface area contributed by atoms with Crippen LogP contribution in [0.25, 0.3) is 11.3 Å². The van der Waals surface area contributed by atoms with Gasteiger partial charge in [0, 0.05) is 47.7 Å². The van der Waals surface area contributed by atoms with Crippen LogP contribution >= 0.6 is 11.3 Å². The van der Waals surface area contributed by atoms with E-state index in [4.69, 9.17) is 0 Å². The molecule has 0 saturated heterocycles. The second-order valence-electron chi connectivity index (χ2n) is 7.58. The molecule has 2 aromatic carbocycles. The fourth-order valence-electron chi connectivity index (χ4n) is 3.63. The monoisotopic (exact) mass is 469 g/mol. The average Bonchev–Trinajstić information content (AvgIpc) is 3.43. The van der Waals surface area contributed by atoms with Gasteiger partial charge in [0.25, 0.3) is 11.8 Å². The lowest BCUT2D eigenvalue weighted by Crippen LogP contribution is -2.32. The molecule has 4 aromatic rings. The first-order chi connectivity index (χ1) is 16.6. The van der Waals surface area contributed by atoms with E-state index in [1.165, 1.54) is 11.3 Å². The number of carbonyl (C=O) groups excluding carboxylic acids is 3. The predicted octanol–water partition coefficient (Wildman–Crippen LogP) is 4.57. The minimum absolute atomic E-state index is 0.0162. The predicted molar refractivity (Wildman–Crippen MR) is 130 cm³/mol. The fraction of sp³-hybridized carbons (Fsp3) is 0.0800. The number of hydrogen-bond donors (Lipinski definition) is 2. The highest BCUT2D eigenvalue weighted by Crippen LogP contribution is 2.27. The summed E-state index contributed by atoms with van der Waals surface area (Å²) in [6.07, 6.45) is 3.48. The Morgan fingerprint density at radius 2 is 1.53 bits per heavy atom. The smallest absolute Gasteiger partial charge is 0.261 e. The number of anilines is 3. The molecule has 0 fully saturated rings. The molecule has 0 atom stereocenters. The first-order valence-electron chi connectivity index (χ1n) is 10.6. The lowest BCUT2D eigenvalue weighted by Gasteiger charge is -2.13. The third-order valence-corrected chi connectivity index (χ3v) is 6.10. The van der Waals surface area contributed by atoms with Crippen molar-refractivity contribution in [2.45, 2.75) is 6.42 Å². The summed E-state index contributed by atoms with van der Waals surface area (Å²) in [5, 5.41) is 8.78. The molecule has 0 bridgehead atoms. The largest absolute Gasteiger partial charge is 0.332 e. The van der Waals surface area contributed by atoms with Crippen molar-refractivity contribution in [1.82, 2.24) is 14.9 Å². The van der Waals surface area contributed by atoms with E-state index in [0.29, 0.717) is 16.8 Å². The van der Waals surface area contributed by atoms with Gasteiger partial charge in [0.2, 0.25) is 5.91 Å². The Kier molecular flexibility index (Phi) is 5.84. The minimum Gasteiger partial charge on any atom is -0.332 e. The van der Waals surface area contributed by atoms with Gasteiger partial charge in [0.15, 0.2) is 5.13 Å². The number of aromatic nitrogens is 2. The number of pyridine rings is 1. The maximum absolute atomic E-state index is 12.4. The molecule has 1 aliphatic heterocycles. The van der Waals surface area contributed by atoms with Crippen LogP contribution in [0.15, 0.2) is 78.4 Å². The molecule has 168 valence electrons. The summed E-state index contributed by atoms with van der Waals surface area (Å²) in [5.41, 5.74) is 4.08. The number of nitrogens with one attached hydrogen (secondary N) is 2. The quantitative estimate of drug-likeness (QED) is 0.384. The van der Waals surface area contributed by atoms with Gasteiger partial charge in [-0.15, -0.1) is 11.3 Å². The van der Waals surface area contributed by atoms with Gasteiger partial charge in [-0.1, -0.05) is 12.1 Å². The van der Waals surface area contributed by atoms with Crippen LogP contribution in [0.5, 0.6) is 0 Å². The maximum Gasteiger partial charge on any atom is 0.261 e. The van der Waals surface area contributed by atoms with Gasteiger partial charge in [-0.2, -0.15) is 0 Å². The SMILES string of the molecule is O=C(CCN1C(=O)c2ccccc2C1=O)Nc1ccc(Nc2nc(-c3ccncc3)cs2)cc1. The molecular weight excluding hydrogens is 450 g/mol. The number of hydrogen-bond acceptors (Lipinski definition) is 7. The molecule has 9 heteroatoms. The molecule has 0 radical (unpaired) electrons. The van der Waals surface area contributed by atoms with Crippen LogP contribution in [0.4, 0.5) is 16.5 Å². The van der Waals surface area contributed by atoms with Crippen LogP contribution in [0.2, 0.25) is 0 Å². The number of imide groups is 1. The second-order valence-corrected chi connectivity index (χ2v) is 8.44. The van der Waals surface area contributed by atoms with Gasteiger partial charge in [-0.25, -0.2) is 4.98 Å². The molecule has 34 heavy (non-hydrogen) atoms. The van der Waals surface area contributed by atoms with Gasteiger partial charge in [-0.3, -0.25) is 24.3 Å². The number of thiazole rings is 1. The second kappa shape index (κ2) is 9.24. The van der Waals surface area contributed by atoms with Gasteiger partial charge >= 0.3 is 0 Å². The van der Waals surface area contributed by atoms with Crippen LogP contribution in [0.1, 0.15) is 27.1 Å². The highest BCUT2D eigenvalue weighted by Gasteiger charge is 2.34. The highest BCUT2D eigenvalue weighted by molar-refractivity contribution is 7.14. The molecule has 0 spiro atoms. The first kappa shape index (κ1) is 21.5. The molecule has 0 unspecified atom stereocenters. The summed E-state index contributed by atoms with van der Waals surface area (Å²) in [7, 11) is 0. The van der Waals surface area contributed by atoms with E-state index in [1.54, 1.807) is 48.8 Å². The zero-order valence-electron chi connectivity index (χ0n) is 17.9. The molecule has 2 aromatic heterocycles. The summed E-state index contributed by atoms with van der Waals surface area (Å²) in [6.45, 7) is 0.0294. The van der Waals surface area contributed by atoms with E-state index < -0.39 is 0 Å². The van der Waals surface area contributed by atoms with Crippen molar-refractivity contribution in [2.75, 3.05) is 17.2 Å². The van der Waals surface area contributed by atoms with Crippen molar-refractivity contribution in [3.63, 3.8) is 0 Å². The van der Waals surface area contributed by atoms with E-state index in [1.807, 2.05) is 29.6 Å². The lowest BCUT2D eigenvalue weighted by molar-refractivity contribution is -0.116. The van der Waals surface area contributed by atoms with Gasteiger partial charge < -0.3 is 10.6 Å². The maximum atomic E-state index is 12.4. The number of amides is 3. The molecular formula is C25H19N5O3S. The van der Waals surface area contributed by atoms with Gasteiger partial charge in [-0.05, 0) is 48.5 Å². The van der Waals surface area contributed by atoms with Crippen molar-refractivity contribution in [3.8, 4) is 11.3 Å². The highest BCUT2D eigenvalue weighted by atomic mass is 32.1. The topological polar surface area (TPSA) is 104 Å². The summed E-state index contributed by atoms with van der Waals surface area (Å²) >= 11 is 1.50. The lowest BCUT2D eigenvalue weighted by atomic mass is 10.1. The van der Waals surface area contributed by atoms with E-state index >= 15 is 0 Å². The fourth-order valence-corrected chi connectivity index (χ4v) is 4.37. The van der Waals surface area contributed by atoms with Crippen molar-refractivity contribution in [3.05, 3.63) is 89.6 Å². The molecule has 0 saturated carbocycles. The van der Waals surface area contributed by atoms with Crippen LogP contribution in [-0.2, 0) is 4.79 Å². The number of rotatable bonds is 7. The van der Waals surface area contributed by atoms with Crippen molar-refractivity contribution in [1.29, 1.82) is 0 Å². The summed E-state index contributed by atoms with van der Waals surface area (Å²) < 4.78 is 0. The molecule has 3 heterocycles. The third-order valence-electron chi connectivity index (χ3n) is 5.34. The van der Waals surface area contributed by atoms with E-state index in [2.05, 4.69) is 20.6 Å². The molecule has 5 rings (SSSR count). The van der Waals surface area contributed by atoms with Gasteiger partial charge in [0.05, 0.1) is 16.8 Å². The van der Waals surface area contributed by atoms with Crippen molar-refractivity contribution < 1.29 is 14.4 Å². The molecule has 3 amide bonds. The average molecular weight is 470 g/mol. The summed E-state index contributed by atoms with van der Waals surface area (Å²) in [5.74, 6) is -1.00. The Morgan fingerprint density at radius 1 is 0.882 bits per heavy atom. The van der Waals surface area contributed by atoms with E-state index in [0.717, 1.165) is 27.0 Å². The summed E-state index contributed by atoms with van der Waals surface area (Å²) in [6, 6.07) is 17.7. The first-order valence-corrected chi connectivity index (χ1v) is 11.4. The number of benzene rings is 2. The Balaban J connectivity index is 1.14. The van der Waals surface area contributed by atoms with Crippen LogP contribution < -0.4 is 10.6 Å². The molecule has 1 aliphatic rings. The Labute approximate surface area is 199 Å². The van der Waals surface area contributed by atoms with Gasteiger partial charge in [0.1, 0.15) is 0 Å². The molecule has 8 nitrogen and oxygen atoms in total. The normalized spacial score (nSPS) is 12.5. The zero-order chi connectivity index (χ0) is 23.5. The minimum atomic E-state index is -0.363. The van der Waals surface area contributed by atoms with Crippen molar-refractivity contribution in [2.24, 2.45) is 0 Å². The molecule has 0 aliphatic carbocycles. The Morgan fingerprint density at radius 3 is 2.21 bits per heavy atom. The molecule has 2 N–H and O–H groups in total. The van der Waals surface area contributed by atoms with E-state index in [-0.39, 0.29) is 30.7 Å². The Bertz CT molecular complexity index is 1330. The van der Waals surface area contributed by atoms with Crippen LogP contribution in [-0.4, -0.2) is 39.1 Å². The number of fused-ring (bicyclic) bond motifs is 1. The number of carbonyl (C=O) groups is 3. The zero-order valence-corrected chi connectivity index (χ0v) is 18.7. The summed E-state index contributed by atoms with van der Waals surface area (Å²) in [4.78, 5) is 46.9.